The van der Waals surface area contributed by atoms with Crippen molar-refractivity contribution < 1.29 is 43.1 Å². The number of piperidine rings is 1. The van der Waals surface area contributed by atoms with Crippen LogP contribution in [0.5, 0.6) is 5.75 Å². The molecule has 0 saturated carbocycles. The van der Waals surface area contributed by atoms with Crippen molar-refractivity contribution in [3.05, 3.63) is 59.2 Å². The monoisotopic (exact) mass is 657 g/mol. The van der Waals surface area contributed by atoms with Gasteiger partial charge in [-0.25, -0.2) is 4.79 Å². The molecule has 2 amide bonds. The zero-order valence-electron chi connectivity index (χ0n) is 28.4. The first-order valence-corrected chi connectivity index (χ1v) is 16.3. The van der Waals surface area contributed by atoms with Gasteiger partial charge in [-0.2, -0.15) is 0 Å². The second-order valence-corrected chi connectivity index (χ2v) is 12.5. The first kappa shape index (κ1) is 36.4. The molecule has 0 unspecified atom stereocenters. The molecule has 2 aromatic rings. The van der Waals surface area contributed by atoms with Gasteiger partial charge in [-0.15, -0.1) is 0 Å². The summed E-state index contributed by atoms with van der Waals surface area (Å²) in [4.78, 5) is 30.0. The van der Waals surface area contributed by atoms with Gasteiger partial charge in [-0.05, 0) is 35.2 Å². The molecule has 0 aromatic heterocycles. The van der Waals surface area contributed by atoms with Gasteiger partial charge in [0.1, 0.15) is 30.7 Å². The summed E-state index contributed by atoms with van der Waals surface area (Å²) >= 11 is 0. The third-order valence-electron chi connectivity index (χ3n) is 8.66. The van der Waals surface area contributed by atoms with Crippen LogP contribution >= 0.6 is 0 Å². The van der Waals surface area contributed by atoms with Gasteiger partial charge in [0.2, 0.25) is 5.91 Å². The number of hydrogen-bond acceptors (Lipinski definition) is 9. The highest BCUT2D eigenvalue weighted by atomic mass is 16.6. The molecule has 0 spiro atoms. The van der Waals surface area contributed by atoms with Gasteiger partial charge in [0.25, 0.3) is 0 Å². The van der Waals surface area contributed by atoms with E-state index in [1.165, 1.54) is 9.80 Å². The number of carbonyl (C=O) groups excluding carboxylic acids is 1. The van der Waals surface area contributed by atoms with Crippen molar-refractivity contribution in [2.24, 2.45) is 5.92 Å². The highest BCUT2D eigenvalue weighted by molar-refractivity contribution is 5.76. The number of anilines is 1. The van der Waals surface area contributed by atoms with Crippen LogP contribution in [0.1, 0.15) is 36.5 Å². The molecule has 12 heteroatoms. The number of amides is 2. The molecule has 47 heavy (non-hydrogen) atoms. The lowest BCUT2D eigenvalue weighted by atomic mass is 9.81. The average molecular weight is 658 g/mol. The van der Waals surface area contributed by atoms with Crippen LogP contribution in [0.4, 0.5) is 10.5 Å². The highest BCUT2D eigenvalue weighted by Gasteiger charge is 2.48. The molecule has 1 saturated heterocycles. The van der Waals surface area contributed by atoms with E-state index in [4.69, 9.17) is 28.4 Å². The third-order valence-corrected chi connectivity index (χ3v) is 8.66. The minimum absolute atomic E-state index is 0.0882. The Hall–Kier alpha value is -3.42. The van der Waals surface area contributed by atoms with E-state index in [1.807, 2.05) is 36.4 Å². The minimum Gasteiger partial charge on any atom is -0.490 e. The van der Waals surface area contributed by atoms with Gasteiger partial charge in [0.15, 0.2) is 0 Å². The van der Waals surface area contributed by atoms with E-state index in [9.17, 15) is 14.7 Å². The maximum absolute atomic E-state index is 12.8. The lowest BCUT2D eigenvalue weighted by Crippen LogP contribution is -2.57. The van der Waals surface area contributed by atoms with Crippen LogP contribution in [0.2, 0.25) is 0 Å². The van der Waals surface area contributed by atoms with Gasteiger partial charge in [0, 0.05) is 60.4 Å². The van der Waals surface area contributed by atoms with Crippen molar-refractivity contribution in [2.45, 2.75) is 44.7 Å². The van der Waals surface area contributed by atoms with E-state index in [0.29, 0.717) is 39.5 Å². The predicted molar refractivity (Wildman–Crippen MR) is 177 cm³/mol. The fourth-order valence-corrected chi connectivity index (χ4v) is 5.99. The SMILES string of the molecule is COCCCN1CCOc2ccc(CO[C@H]3CN(C(=O)O)CC[C@]3(OCC(=O)N(C)C)c3ccc(COC[C@@H](C)COC)cc3)cc21. The van der Waals surface area contributed by atoms with Crippen molar-refractivity contribution in [3.8, 4) is 5.75 Å². The molecule has 3 atom stereocenters. The second kappa shape index (κ2) is 17.7. The van der Waals surface area contributed by atoms with Gasteiger partial charge in [-0.3, -0.25) is 4.79 Å². The summed E-state index contributed by atoms with van der Waals surface area (Å²) in [5.74, 6) is 0.912. The number of rotatable bonds is 17. The lowest BCUT2D eigenvalue weighted by molar-refractivity contribution is -0.189. The number of carboxylic acid groups (broad SMARTS) is 1. The Morgan fingerprint density at radius 3 is 2.51 bits per heavy atom. The molecule has 1 N–H and O–H groups in total. The summed E-state index contributed by atoms with van der Waals surface area (Å²) in [5, 5.41) is 9.93. The Labute approximate surface area is 278 Å². The molecule has 260 valence electrons. The Bertz CT molecular complexity index is 1290. The predicted octanol–water partition coefficient (Wildman–Crippen LogP) is 3.99. The summed E-state index contributed by atoms with van der Waals surface area (Å²) in [6, 6.07) is 13.9. The Kier molecular flexibility index (Phi) is 13.7. The molecule has 1 fully saturated rings. The molecular weight excluding hydrogens is 606 g/mol. The molecule has 2 heterocycles. The molecule has 12 nitrogen and oxygen atoms in total. The van der Waals surface area contributed by atoms with Gasteiger partial charge < -0.3 is 48.2 Å². The maximum atomic E-state index is 12.8. The van der Waals surface area contributed by atoms with Gasteiger partial charge in [0.05, 0.1) is 45.2 Å². The molecule has 4 rings (SSSR count). The molecule has 2 aliphatic heterocycles. The number of fused-ring (bicyclic) bond motifs is 1. The topological polar surface area (TPSA) is 119 Å². The van der Waals surface area contributed by atoms with E-state index in [2.05, 4.69) is 17.9 Å². The first-order chi connectivity index (χ1) is 22.7. The van der Waals surface area contributed by atoms with Crippen LogP contribution in [0.15, 0.2) is 42.5 Å². The number of likely N-dealkylation sites (tertiary alicyclic amines) is 1. The van der Waals surface area contributed by atoms with Crippen molar-refractivity contribution in [3.63, 3.8) is 0 Å². The maximum Gasteiger partial charge on any atom is 0.407 e. The fourth-order valence-electron chi connectivity index (χ4n) is 5.99. The van der Waals surface area contributed by atoms with Gasteiger partial charge >= 0.3 is 6.09 Å². The molecule has 0 radical (unpaired) electrons. The number of hydrogen-bond donors (Lipinski definition) is 1. The Morgan fingerprint density at radius 1 is 1.04 bits per heavy atom. The van der Waals surface area contributed by atoms with Crippen LogP contribution in [0.3, 0.4) is 0 Å². The van der Waals surface area contributed by atoms with E-state index in [0.717, 1.165) is 47.6 Å². The van der Waals surface area contributed by atoms with E-state index in [-0.39, 0.29) is 38.1 Å². The number of likely N-dealkylation sites (N-methyl/N-ethyl adjacent to an activating group) is 1. The number of carbonyl (C=O) groups is 2. The zero-order valence-corrected chi connectivity index (χ0v) is 28.4. The van der Waals surface area contributed by atoms with Crippen LogP contribution < -0.4 is 9.64 Å². The van der Waals surface area contributed by atoms with E-state index in [1.54, 1.807) is 28.3 Å². The van der Waals surface area contributed by atoms with E-state index < -0.39 is 17.8 Å². The van der Waals surface area contributed by atoms with Crippen LogP contribution in [0.25, 0.3) is 0 Å². The van der Waals surface area contributed by atoms with E-state index >= 15 is 0 Å². The first-order valence-electron chi connectivity index (χ1n) is 16.3. The van der Waals surface area contributed by atoms with Crippen LogP contribution in [0, 0.1) is 5.92 Å². The van der Waals surface area contributed by atoms with Crippen molar-refractivity contribution in [1.82, 2.24) is 9.80 Å². The lowest BCUT2D eigenvalue weighted by Gasteiger charge is -2.46. The summed E-state index contributed by atoms with van der Waals surface area (Å²) in [6.45, 7) is 7.01. The fraction of sp³-hybridized carbons (Fsp3) is 0.600. The molecule has 0 aliphatic carbocycles. The number of methoxy groups -OCH3 is 2. The second-order valence-electron chi connectivity index (χ2n) is 12.5. The largest absolute Gasteiger partial charge is 0.490 e. The van der Waals surface area contributed by atoms with Crippen LogP contribution in [-0.4, -0.2) is 121 Å². The van der Waals surface area contributed by atoms with Crippen LogP contribution in [-0.2, 0) is 47.3 Å². The quantitative estimate of drug-likeness (QED) is 0.250. The van der Waals surface area contributed by atoms with Crippen molar-refractivity contribution >= 4 is 17.7 Å². The standard InChI is InChI=1S/C35H51N3O9/c1-26(21-43-5)22-44-23-27-7-10-29(11-8-27)35(47-25-33(39)36(2)3)13-15-38(34(40)41)20-32(35)46-24-28-9-12-31-30(19-28)37(16-18-45-31)14-6-17-42-4/h7-12,19,26,32H,6,13-18,20-25H2,1-5H3,(H,40,41)/t26-,32-,35-/m0/s1. The normalized spacial score (nSPS) is 20.0. The highest BCUT2D eigenvalue weighted by Crippen LogP contribution is 2.40. The van der Waals surface area contributed by atoms with Crippen molar-refractivity contribution in [1.29, 1.82) is 0 Å². The molecule has 2 aliphatic rings. The Balaban J connectivity index is 1.58. The summed E-state index contributed by atoms with van der Waals surface area (Å²) in [7, 11) is 6.74. The number of benzene rings is 2. The third kappa shape index (κ3) is 9.80. The van der Waals surface area contributed by atoms with Crippen molar-refractivity contribution in [2.75, 3.05) is 92.4 Å². The average Bonchev–Trinajstić information content (AvgIpc) is 3.07. The smallest absolute Gasteiger partial charge is 0.407 e. The molecule has 2 aromatic carbocycles. The minimum atomic E-state index is -1.06. The summed E-state index contributed by atoms with van der Waals surface area (Å²) in [6.07, 6.45) is -0.498. The number of ether oxygens (including phenoxy) is 6. The summed E-state index contributed by atoms with van der Waals surface area (Å²) < 4.78 is 35.4. The number of nitrogens with zero attached hydrogens (tertiary/aromatic N) is 3. The van der Waals surface area contributed by atoms with Gasteiger partial charge in [-0.1, -0.05) is 37.3 Å². The Morgan fingerprint density at radius 2 is 1.81 bits per heavy atom. The zero-order chi connectivity index (χ0) is 33.8. The summed E-state index contributed by atoms with van der Waals surface area (Å²) in [5.41, 5.74) is 2.67. The molecule has 0 bridgehead atoms. The molecular formula is C35H51N3O9.